The van der Waals surface area contributed by atoms with E-state index in [0.717, 1.165) is 17.7 Å². The van der Waals surface area contributed by atoms with Gasteiger partial charge in [-0.25, -0.2) is 9.97 Å². The molecule has 0 aromatic carbocycles. The molecule has 0 fully saturated rings. The Bertz CT molecular complexity index is 552. The van der Waals surface area contributed by atoms with E-state index >= 15 is 0 Å². The second-order valence-electron chi connectivity index (χ2n) is 4.29. The van der Waals surface area contributed by atoms with Gasteiger partial charge in [-0.15, -0.1) is 0 Å². The van der Waals surface area contributed by atoms with Crippen molar-refractivity contribution in [3.8, 4) is 11.3 Å². The number of nitrogens with two attached hydrogens (primary N) is 1. The first-order chi connectivity index (χ1) is 9.13. The summed E-state index contributed by atoms with van der Waals surface area (Å²) in [7, 11) is 1.87. The van der Waals surface area contributed by atoms with Gasteiger partial charge in [0.1, 0.15) is 11.9 Å². The number of nitrogen functional groups attached to an aromatic ring is 1. The van der Waals surface area contributed by atoms with E-state index in [9.17, 15) is 0 Å². The lowest BCUT2D eigenvalue weighted by molar-refractivity contribution is 0.0537. The summed E-state index contributed by atoms with van der Waals surface area (Å²) in [5.41, 5.74) is 7.55. The van der Waals surface area contributed by atoms with Crippen LogP contribution >= 0.6 is 0 Å². The standard InChI is InChI=1S/C13H19N5O/c1-4-11(19-5-2)13-16-10(6-12(14)17-13)9-7-15-18(3)8-9/h6-8,11H,4-5H2,1-3H3,(H2,14,16,17). The van der Waals surface area contributed by atoms with E-state index in [1.165, 1.54) is 0 Å². The predicted octanol–water partition coefficient (Wildman–Crippen LogP) is 1.95. The average molecular weight is 261 g/mol. The van der Waals surface area contributed by atoms with Crippen molar-refractivity contribution >= 4 is 5.82 Å². The Morgan fingerprint density at radius 2 is 2.16 bits per heavy atom. The summed E-state index contributed by atoms with van der Waals surface area (Å²) in [6.45, 7) is 4.62. The van der Waals surface area contributed by atoms with Gasteiger partial charge in [0, 0.05) is 31.5 Å². The highest BCUT2D eigenvalue weighted by Gasteiger charge is 2.15. The van der Waals surface area contributed by atoms with Crippen LogP contribution in [-0.4, -0.2) is 26.4 Å². The zero-order valence-corrected chi connectivity index (χ0v) is 11.5. The van der Waals surface area contributed by atoms with Crippen molar-refractivity contribution < 1.29 is 4.74 Å². The third-order valence-corrected chi connectivity index (χ3v) is 2.79. The first-order valence-corrected chi connectivity index (χ1v) is 6.39. The van der Waals surface area contributed by atoms with Gasteiger partial charge in [0.15, 0.2) is 5.82 Å². The highest BCUT2D eigenvalue weighted by Crippen LogP contribution is 2.23. The van der Waals surface area contributed by atoms with Gasteiger partial charge in [0.25, 0.3) is 0 Å². The van der Waals surface area contributed by atoms with E-state index in [1.54, 1.807) is 16.9 Å². The normalized spacial score (nSPS) is 12.6. The molecule has 0 radical (unpaired) electrons. The second-order valence-corrected chi connectivity index (χ2v) is 4.29. The molecular formula is C13H19N5O. The zero-order chi connectivity index (χ0) is 13.8. The molecule has 0 bridgehead atoms. The molecule has 0 aliphatic carbocycles. The van der Waals surface area contributed by atoms with E-state index in [-0.39, 0.29) is 6.10 Å². The maximum Gasteiger partial charge on any atom is 0.160 e. The first-order valence-electron chi connectivity index (χ1n) is 6.39. The molecule has 0 amide bonds. The molecular weight excluding hydrogens is 242 g/mol. The van der Waals surface area contributed by atoms with Crippen LogP contribution in [0.15, 0.2) is 18.5 Å². The number of ether oxygens (including phenoxy) is 1. The Kier molecular flexibility index (Phi) is 4.11. The molecule has 1 atom stereocenters. The summed E-state index contributed by atoms with van der Waals surface area (Å²) in [5, 5.41) is 4.14. The van der Waals surface area contributed by atoms with Crippen LogP contribution < -0.4 is 5.73 Å². The third-order valence-electron chi connectivity index (χ3n) is 2.79. The molecule has 2 aromatic rings. The van der Waals surface area contributed by atoms with Gasteiger partial charge in [-0.2, -0.15) is 5.10 Å². The van der Waals surface area contributed by atoms with E-state index < -0.39 is 0 Å². The molecule has 0 saturated carbocycles. The van der Waals surface area contributed by atoms with Crippen molar-refractivity contribution in [1.29, 1.82) is 0 Å². The molecule has 0 aliphatic heterocycles. The Balaban J connectivity index is 2.39. The minimum absolute atomic E-state index is 0.121. The molecule has 2 heterocycles. The Labute approximate surface area is 112 Å². The van der Waals surface area contributed by atoms with Crippen molar-refractivity contribution in [1.82, 2.24) is 19.7 Å². The predicted molar refractivity (Wildman–Crippen MR) is 73.3 cm³/mol. The molecule has 6 nitrogen and oxygen atoms in total. The van der Waals surface area contributed by atoms with E-state index in [1.807, 2.05) is 27.1 Å². The van der Waals surface area contributed by atoms with Gasteiger partial charge < -0.3 is 10.5 Å². The highest BCUT2D eigenvalue weighted by atomic mass is 16.5. The third kappa shape index (κ3) is 3.08. The number of nitrogens with zero attached hydrogens (tertiary/aromatic N) is 4. The van der Waals surface area contributed by atoms with Gasteiger partial charge in [0.05, 0.1) is 11.9 Å². The molecule has 2 N–H and O–H groups in total. The lowest BCUT2D eigenvalue weighted by Crippen LogP contribution is -2.10. The summed E-state index contributed by atoms with van der Waals surface area (Å²) < 4.78 is 7.36. The zero-order valence-electron chi connectivity index (χ0n) is 11.5. The van der Waals surface area contributed by atoms with Crippen LogP contribution in [0.3, 0.4) is 0 Å². The molecule has 0 saturated heterocycles. The van der Waals surface area contributed by atoms with Crippen LogP contribution in [0.5, 0.6) is 0 Å². The van der Waals surface area contributed by atoms with Crippen LogP contribution in [0.1, 0.15) is 32.2 Å². The molecule has 2 aromatic heterocycles. The summed E-state index contributed by atoms with van der Waals surface area (Å²) in [6.07, 6.45) is 4.34. The fraction of sp³-hybridized carbons (Fsp3) is 0.462. The highest BCUT2D eigenvalue weighted by molar-refractivity contribution is 5.60. The Morgan fingerprint density at radius 3 is 2.74 bits per heavy atom. The number of aryl methyl sites for hydroxylation is 1. The quantitative estimate of drug-likeness (QED) is 0.889. The minimum Gasteiger partial charge on any atom is -0.384 e. The van der Waals surface area contributed by atoms with Crippen molar-refractivity contribution in [2.24, 2.45) is 7.05 Å². The van der Waals surface area contributed by atoms with E-state index in [0.29, 0.717) is 18.2 Å². The molecule has 19 heavy (non-hydrogen) atoms. The lowest BCUT2D eigenvalue weighted by Gasteiger charge is -2.14. The largest absolute Gasteiger partial charge is 0.384 e. The number of hydrogen-bond acceptors (Lipinski definition) is 5. The molecule has 6 heteroatoms. The van der Waals surface area contributed by atoms with Crippen LogP contribution in [0, 0.1) is 0 Å². The summed E-state index contributed by atoms with van der Waals surface area (Å²) in [4.78, 5) is 8.81. The second kappa shape index (κ2) is 5.79. The van der Waals surface area contributed by atoms with Crippen molar-refractivity contribution in [2.45, 2.75) is 26.4 Å². The summed E-state index contributed by atoms with van der Waals surface area (Å²) in [6, 6.07) is 1.75. The Hall–Kier alpha value is -1.95. The van der Waals surface area contributed by atoms with Crippen LogP contribution in [0.2, 0.25) is 0 Å². The van der Waals surface area contributed by atoms with Crippen LogP contribution in [-0.2, 0) is 11.8 Å². The molecule has 0 spiro atoms. The topological polar surface area (TPSA) is 78.9 Å². The monoisotopic (exact) mass is 261 g/mol. The van der Waals surface area contributed by atoms with Gasteiger partial charge in [-0.05, 0) is 13.3 Å². The average Bonchev–Trinajstić information content (AvgIpc) is 2.82. The maximum absolute atomic E-state index is 5.86. The van der Waals surface area contributed by atoms with E-state index in [2.05, 4.69) is 15.1 Å². The van der Waals surface area contributed by atoms with Crippen LogP contribution in [0.25, 0.3) is 11.3 Å². The Morgan fingerprint density at radius 1 is 1.37 bits per heavy atom. The fourth-order valence-electron chi connectivity index (χ4n) is 1.91. The van der Waals surface area contributed by atoms with Crippen molar-refractivity contribution in [3.63, 3.8) is 0 Å². The van der Waals surface area contributed by atoms with E-state index in [4.69, 9.17) is 10.5 Å². The van der Waals surface area contributed by atoms with Crippen molar-refractivity contribution in [2.75, 3.05) is 12.3 Å². The molecule has 102 valence electrons. The molecule has 2 rings (SSSR count). The van der Waals surface area contributed by atoms with Crippen molar-refractivity contribution in [3.05, 3.63) is 24.3 Å². The van der Waals surface area contributed by atoms with Crippen LogP contribution in [0.4, 0.5) is 5.82 Å². The minimum atomic E-state index is -0.121. The number of aromatic nitrogens is 4. The molecule has 1 unspecified atom stereocenters. The van der Waals surface area contributed by atoms with Gasteiger partial charge in [-0.3, -0.25) is 4.68 Å². The van der Waals surface area contributed by atoms with Gasteiger partial charge >= 0.3 is 0 Å². The lowest BCUT2D eigenvalue weighted by atomic mass is 10.2. The maximum atomic E-state index is 5.86. The number of anilines is 1. The smallest absolute Gasteiger partial charge is 0.160 e. The van der Waals surface area contributed by atoms with Gasteiger partial charge in [0.2, 0.25) is 0 Å². The fourth-order valence-corrected chi connectivity index (χ4v) is 1.91. The number of hydrogen-bond donors (Lipinski definition) is 1. The number of rotatable bonds is 5. The molecule has 0 aliphatic rings. The summed E-state index contributed by atoms with van der Waals surface area (Å²) in [5.74, 6) is 1.07. The SMILES string of the molecule is CCOC(CC)c1nc(N)cc(-c2cnn(C)c2)n1. The summed E-state index contributed by atoms with van der Waals surface area (Å²) >= 11 is 0. The van der Waals surface area contributed by atoms with Gasteiger partial charge in [-0.1, -0.05) is 6.92 Å². The first kappa shape index (κ1) is 13.5.